The molecule has 2 aliphatic carbocycles. The maximum atomic E-state index is 10.6. The highest BCUT2D eigenvalue weighted by atomic mass is 16.5. The summed E-state index contributed by atoms with van der Waals surface area (Å²) in [5, 5.41) is 10.6. The monoisotopic (exact) mass is 246 g/mol. The Morgan fingerprint density at radius 3 is 2.67 bits per heavy atom. The van der Waals surface area contributed by atoms with Gasteiger partial charge in [0.25, 0.3) is 0 Å². The van der Waals surface area contributed by atoms with Gasteiger partial charge in [0.1, 0.15) is 5.75 Å². The van der Waals surface area contributed by atoms with E-state index >= 15 is 0 Å². The van der Waals surface area contributed by atoms with Crippen LogP contribution in [-0.2, 0) is 5.60 Å². The van der Waals surface area contributed by atoms with Gasteiger partial charge in [0.15, 0.2) is 0 Å². The van der Waals surface area contributed by atoms with E-state index in [1.807, 2.05) is 31.2 Å². The molecule has 2 aliphatic rings. The summed E-state index contributed by atoms with van der Waals surface area (Å²) >= 11 is 0. The Hall–Kier alpha value is -1.02. The van der Waals surface area contributed by atoms with E-state index in [4.69, 9.17) is 4.74 Å². The maximum absolute atomic E-state index is 10.6. The second-order valence-electron chi connectivity index (χ2n) is 6.12. The van der Waals surface area contributed by atoms with Gasteiger partial charge in [0.05, 0.1) is 11.7 Å². The van der Waals surface area contributed by atoms with Crippen molar-refractivity contribution in [2.75, 3.05) is 0 Å². The van der Waals surface area contributed by atoms with Crippen LogP contribution in [0.1, 0.15) is 51.0 Å². The summed E-state index contributed by atoms with van der Waals surface area (Å²) in [5.74, 6) is 1.61. The minimum absolute atomic E-state index is 0.414. The summed E-state index contributed by atoms with van der Waals surface area (Å²) in [7, 11) is 0. The van der Waals surface area contributed by atoms with Crippen molar-refractivity contribution in [3.8, 4) is 5.75 Å². The molecule has 1 aromatic rings. The SMILES string of the molecule is CC(O)(CC1CCC1)c1cccc(OC2CC2)c1. The second kappa shape index (κ2) is 4.58. The Morgan fingerprint density at radius 1 is 1.28 bits per heavy atom. The van der Waals surface area contributed by atoms with Crippen molar-refractivity contribution in [1.29, 1.82) is 0 Å². The Morgan fingerprint density at radius 2 is 2.06 bits per heavy atom. The molecule has 0 radical (unpaired) electrons. The highest BCUT2D eigenvalue weighted by Crippen LogP contribution is 2.39. The molecule has 0 aromatic heterocycles. The fraction of sp³-hybridized carbons (Fsp3) is 0.625. The normalized spacial score (nSPS) is 23.2. The van der Waals surface area contributed by atoms with E-state index < -0.39 is 5.60 Å². The van der Waals surface area contributed by atoms with Gasteiger partial charge in [-0.15, -0.1) is 0 Å². The van der Waals surface area contributed by atoms with Gasteiger partial charge in [-0.3, -0.25) is 0 Å². The molecule has 1 atom stereocenters. The van der Waals surface area contributed by atoms with Crippen LogP contribution in [0.15, 0.2) is 24.3 Å². The molecule has 1 aromatic carbocycles. The molecule has 0 bridgehead atoms. The molecule has 0 spiro atoms. The third kappa shape index (κ3) is 2.69. The Labute approximate surface area is 109 Å². The number of benzene rings is 1. The van der Waals surface area contributed by atoms with E-state index in [1.54, 1.807) is 0 Å². The molecule has 0 saturated heterocycles. The van der Waals surface area contributed by atoms with Crippen LogP contribution >= 0.6 is 0 Å². The summed E-state index contributed by atoms with van der Waals surface area (Å²) < 4.78 is 5.80. The quantitative estimate of drug-likeness (QED) is 0.859. The van der Waals surface area contributed by atoms with Crippen LogP contribution in [0, 0.1) is 5.92 Å². The summed E-state index contributed by atoms with van der Waals surface area (Å²) in [4.78, 5) is 0. The number of aliphatic hydroxyl groups is 1. The van der Waals surface area contributed by atoms with Gasteiger partial charge in [-0.25, -0.2) is 0 Å². The molecule has 0 amide bonds. The number of rotatable bonds is 5. The maximum Gasteiger partial charge on any atom is 0.120 e. The summed E-state index contributed by atoms with van der Waals surface area (Å²) in [6, 6.07) is 8.00. The lowest BCUT2D eigenvalue weighted by Gasteiger charge is -2.33. The summed E-state index contributed by atoms with van der Waals surface area (Å²) in [6.45, 7) is 1.93. The zero-order valence-corrected chi connectivity index (χ0v) is 11.1. The molecule has 2 nitrogen and oxygen atoms in total. The van der Waals surface area contributed by atoms with Crippen LogP contribution in [0.25, 0.3) is 0 Å². The minimum atomic E-state index is -0.714. The first-order valence-corrected chi connectivity index (χ1v) is 7.13. The molecule has 2 saturated carbocycles. The van der Waals surface area contributed by atoms with Crippen LogP contribution in [-0.4, -0.2) is 11.2 Å². The Balaban J connectivity index is 1.71. The fourth-order valence-corrected chi connectivity index (χ4v) is 2.66. The summed E-state index contributed by atoms with van der Waals surface area (Å²) in [6.07, 6.45) is 7.50. The molecular formula is C16H22O2. The second-order valence-corrected chi connectivity index (χ2v) is 6.12. The van der Waals surface area contributed by atoms with Crippen molar-refractivity contribution in [2.24, 2.45) is 5.92 Å². The zero-order chi connectivity index (χ0) is 12.6. The standard InChI is InChI=1S/C16H22O2/c1-16(17,11-12-4-2-5-12)13-6-3-7-15(10-13)18-14-8-9-14/h3,6-7,10,12,14,17H,2,4-5,8-9,11H2,1H3. The predicted molar refractivity (Wildman–Crippen MR) is 71.6 cm³/mol. The van der Waals surface area contributed by atoms with E-state index in [0.29, 0.717) is 12.0 Å². The Bertz CT molecular complexity index is 417. The topological polar surface area (TPSA) is 29.5 Å². The molecule has 2 heteroatoms. The van der Waals surface area contributed by atoms with Crippen LogP contribution < -0.4 is 4.74 Å². The summed E-state index contributed by atoms with van der Waals surface area (Å²) in [5.41, 5.74) is 0.279. The average Bonchev–Trinajstić information content (AvgIpc) is 3.08. The van der Waals surface area contributed by atoms with Gasteiger partial charge in [-0.1, -0.05) is 31.4 Å². The lowest BCUT2D eigenvalue weighted by Crippen LogP contribution is -2.28. The van der Waals surface area contributed by atoms with E-state index in [1.165, 1.54) is 32.1 Å². The Kier molecular flexibility index (Phi) is 3.06. The smallest absolute Gasteiger partial charge is 0.120 e. The van der Waals surface area contributed by atoms with E-state index in [0.717, 1.165) is 17.7 Å². The van der Waals surface area contributed by atoms with E-state index in [9.17, 15) is 5.11 Å². The van der Waals surface area contributed by atoms with E-state index in [2.05, 4.69) is 0 Å². The molecule has 98 valence electrons. The van der Waals surface area contributed by atoms with Crippen molar-refractivity contribution >= 4 is 0 Å². The highest BCUT2D eigenvalue weighted by molar-refractivity contribution is 5.32. The highest BCUT2D eigenvalue weighted by Gasteiger charge is 2.31. The first-order chi connectivity index (χ1) is 8.63. The van der Waals surface area contributed by atoms with Crippen molar-refractivity contribution in [3.05, 3.63) is 29.8 Å². The lowest BCUT2D eigenvalue weighted by molar-refractivity contribution is 0.0159. The van der Waals surface area contributed by atoms with Gasteiger partial charge in [-0.2, -0.15) is 0 Å². The largest absolute Gasteiger partial charge is 0.490 e. The third-order valence-corrected chi connectivity index (χ3v) is 4.19. The van der Waals surface area contributed by atoms with Crippen molar-refractivity contribution < 1.29 is 9.84 Å². The van der Waals surface area contributed by atoms with Crippen molar-refractivity contribution in [2.45, 2.75) is 57.2 Å². The van der Waals surface area contributed by atoms with Crippen LogP contribution in [0.3, 0.4) is 0 Å². The molecule has 0 heterocycles. The minimum Gasteiger partial charge on any atom is -0.490 e. The zero-order valence-electron chi connectivity index (χ0n) is 11.1. The number of hydrogen-bond donors (Lipinski definition) is 1. The first-order valence-electron chi connectivity index (χ1n) is 7.13. The van der Waals surface area contributed by atoms with Gasteiger partial charge < -0.3 is 9.84 Å². The average molecular weight is 246 g/mol. The van der Waals surface area contributed by atoms with E-state index in [-0.39, 0.29) is 0 Å². The first kappa shape index (κ1) is 12.0. The van der Waals surface area contributed by atoms with Crippen LogP contribution in [0.4, 0.5) is 0 Å². The van der Waals surface area contributed by atoms with Gasteiger partial charge in [0, 0.05) is 0 Å². The third-order valence-electron chi connectivity index (χ3n) is 4.19. The molecule has 1 N–H and O–H groups in total. The number of ether oxygens (including phenoxy) is 1. The van der Waals surface area contributed by atoms with Crippen molar-refractivity contribution in [1.82, 2.24) is 0 Å². The predicted octanol–water partition coefficient (Wildman–Crippen LogP) is 3.63. The van der Waals surface area contributed by atoms with Gasteiger partial charge in [0.2, 0.25) is 0 Å². The molecule has 1 unspecified atom stereocenters. The fourth-order valence-electron chi connectivity index (χ4n) is 2.66. The molecule has 18 heavy (non-hydrogen) atoms. The van der Waals surface area contributed by atoms with Crippen molar-refractivity contribution in [3.63, 3.8) is 0 Å². The molecule has 3 rings (SSSR count). The number of hydrogen-bond acceptors (Lipinski definition) is 2. The lowest BCUT2D eigenvalue weighted by atomic mass is 9.76. The van der Waals surface area contributed by atoms with Crippen LogP contribution in [0.2, 0.25) is 0 Å². The molecule has 0 aliphatic heterocycles. The van der Waals surface area contributed by atoms with Gasteiger partial charge >= 0.3 is 0 Å². The molecule has 2 fully saturated rings. The molecular weight excluding hydrogens is 224 g/mol. The van der Waals surface area contributed by atoms with Crippen LogP contribution in [0.5, 0.6) is 5.75 Å². The van der Waals surface area contributed by atoms with Gasteiger partial charge in [-0.05, 0) is 49.8 Å².